The van der Waals surface area contributed by atoms with Crippen molar-refractivity contribution in [3.8, 4) is 22.6 Å². The number of nitrogens with two attached hydrogens (primary N) is 1. The fourth-order valence-electron chi connectivity index (χ4n) is 6.29. The van der Waals surface area contributed by atoms with Crippen LogP contribution in [0.15, 0.2) is 158 Å². The first-order valence-electron chi connectivity index (χ1n) is 16.7. The highest BCUT2D eigenvalue weighted by Gasteiger charge is 2.33. The van der Waals surface area contributed by atoms with Gasteiger partial charge in [-0.05, 0) is 75.2 Å². The minimum Gasteiger partial charge on any atom is -0.489 e. The molecule has 254 valence electrons. The Morgan fingerprint density at radius 1 is 0.588 bits per heavy atom. The average Bonchev–Trinajstić information content (AvgIpc) is 3.16. The van der Waals surface area contributed by atoms with E-state index in [4.69, 9.17) is 15.2 Å². The Morgan fingerprint density at radius 2 is 1.16 bits per heavy atom. The number of fused-ring (bicyclic) bond motifs is 1. The average molecular weight is 681 g/mol. The second-order valence-electron chi connectivity index (χ2n) is 12.4. The lowest BCUT2D eigenvalue weighted by Crippen LogP contribution is -2.13. The van der Waals surface area contributed by atoms with E-state index in [0.717, 1.165) is 45.0 Å². The van der Waals surface area contributed by atoms with Gasteiger partial charge in [0, 0.05) is 17.6 Å². The van der Waals surface area contributed by atoms with Gasteiger partial charge in [0.15, 0.2) is 0 Å². The standard InChI is InChI=1S/C44H35F3N2O2/c45-44(46,47)40-21-11-20-39-41(36(27-49-43(39)40)22-30-12-4-1-5-13-30)33-18-10-19-34(23-33)42(48)35-24-37(50-28-31-14-6-2-7-15-31)26-38(25-35)51-29-32-16-8-3-9-17-32/h1-21,23-27,42H,22,28-29,48H2. The number of hydrogen-bond acceptors (Lipinski definition) is 4. The van der Waals surface area contributed by atoms with Crippen LogP contribution in [0.25, 0.3) is 22.0 Å². The Bertz CT molecular complexity index is 2180. The molecule has 0 aliphatic carbocycles. The monoisotopic (exact) mass is 680 g/mol. The highest BCUT2D eigenvalue weighted by atomic mass is 19.4. The second kappa shape index (κ2) is 14.9. The molecule has 0 spiro atoms. The molecule has 7 rings (SSSR count). The summed E-state index contributed by atoms with van der Waals surface area (Å²) < 4.78 is 54.9. The third kappa shape index (κ3) is 7.95. The van der Waals surface area contributed by atoms with Crippen molar-refractivity contribution in [1.29, 1.82) is 0 Å². The minimum absolute atomic E-state index is 0.0880. The Labute approximate surface area is 295 Å². The van der Waals surface area contributed by atoms with E-state index in [9.17, 15) is 13.2 Å². The van der Waals surface area contributed by atoms with Crippen molar-refractivity contribution in [2.24, 2.45) is 5.73 Å². The third-order valence-electron chi connectivity index (χ3n) is 8.81. The third-order valence-corrected chi connectivity index (χ3v) is 8.81. The number of halogens is 3. The molecule has 7 aromatic rings. The van der Waals surface area contributed by atoms with Crippen LogP contribution in [0.3, 0.4) is 0 Å². The molecule has 4 nitrogen and oxygen atoms in total. The van der Waals surface area contributed by atoms with E-state index >= 15 is 0 Å². The number of para-hydroxylation sites is 1. The van der Waals surface area contributed by atoms with Gasteiger partial charge in [-0.1, -0.05) is 121 Å². The van der Waals surface area contributed by atoms with Gasteiger partial charge in [-0.15, -0.1) is 0 Å². The largest absolute Gasteiger partial charge is 0.489 e. The molecule has 6 aromatic carbocycles. The topological polar surface area (TPSA) is 57.4 Å². The van der Waals surface area contributed by atoms with Gasteiger partial charge < -0.3 is 15.2 Å². The Morgan fingerprint density at radius 3 is 1.75 bits per heavy atom. The SMILES string of the molecule is NC(c1cc(OCc2ccccc2)cc(OCc2ccccc2)c1)c1cccc(-c2c(Cc3ccccc3)cnc3c(C(F)(F)F)cccc23)c1. The van der Waals surface area contributed by atoms with Gasteiger partial charge in [0.25, 0.3) is 0 Å². The molecule has 1 aromatic heterocycles. The van der Waals surface area contributed by atoms with Crippen LogP contribution in [-0.2, 0) is 25.8 Å². The summed E-state index contributed by atoms with van der Waals surface area (Å²) in [6, 6.07) is 46.6. The maximum absolute atomic E-state index is 14.1. The summed E-state index contributed by atoms with van der Waals surface area (Å²) in [6.45, 7) is 0.735. The highest BCUT2D eigenvalue weighted by molar-refractivity contribution is 5.98. The molecule has 0 aliphatic heterocycles. The van der Waals surface area contributed by atoms with Crippen LogP contribution >= 0.6 is 0 Å². The lowest BCUT2D eigenvalue weighted by atomic mass is 9.89. The van der Waals surface area contributed by atoms with E-state index in [2.05, 4.69) is 4.98 Å². The summed E-state index contributed by atoms with van der Waals surface area (Å²) in [5.74, 6) is 1.21. The van der Waals surface area contributed by atoms with Crippen molar-refractivity contribution in [3.05, 3.63) is 197 Å². The van der Waals surface area contributed by atoms with E-state index in [1.807, 2.05) is 133 Å². The molecule has 0 amide bonds. The van der Waals surface area contributed by atoms with Crippen molar-refractivity contribution < 1.29 is 22.6 Å². The van der Waals surface area contributed by atoms with Crippen LogP contribution in [0.2, 0.25) is 0 Å². The molecule has 0 fully saturated rings. The summed E-state index contributed by atoms with van der Waals surface area (Å²) in [5, 5.41) is 0.428. The van der Waals surface area contributed by atoms with Crippen LogP contribution in [-0.4, -0.2) is 4.98 Å². The first-order valence-corrected chi connectivity index (χ1v) is 16.7. The van der Waals surface area contributed by atoms with Gasteiger partial charge in [0.1, 0.15) is 24.7 Å². The Balaban J connectivity index is 1.28. The number of ether oxygens (including phenoxy) is 2. The molecule has 7 heteroatoms. The van der Waals surface area contributed by atoms with Crippen molar-refractivity contribution in [2.45, 2.75) is 31.9 Å². The van der Waals surface area contributed by atoms with Gasteiger partial charge >= 0.3 is 6.18 Å². The van der Waals surface area contributed by atoms with Crippen molar-refractivity contribution in [2.75, 3.05) is 0 Å². The molecule has 1 unspecified atom stereocenters. The molecule has 0 aliphatic rings. The van der Waals surface area contributed by atoms with Gasteiger partial charge in [0.05, 0.1) is 17.1 Å². The van der Waals surface area contributed by atoms with E-state index in [1.165, 1.54) is 6.07 Å². The summed E-state index contributed by atoms with van der Waals surface area (Å²) in [4.78, 5) is 4.36. The summed E-state index contributed by atoms with van der Waals surface area (Å²) in [6.07, 6.45) is -2.49. The van der Waals surface area contributed by atoms with E-state index in [-0.39, 0.29) is 5.52 Å². The molecule has 0 saturated heterocycles. The molecule has 0 saturated carbocycles. The molecule has 2 N–H and O–H groups in total. The molecule has 0 radical (unpaired) electrons. The molecule has 0 bridgehead atoms. The Kier molecular flexibility index (Phi) is 9.81. The number of benzene rings is 6. The van der Waals surface area contributed by atoms with Crippen LogP contribution in [0, 0.1) is 0 Å². The lowest BCUT2D eigenvalue weighted by Gasteiger charge is -2.19. The van der Waals surface area contributed by atoms with Gasteiger partial charge in [0.2, 0.25) is 0 Å². The first kappa shape index (κ1) is 33.6. The number of nitrogens with zero attached hydrogens (tertiary/aromatic N) is 1. The van der Waals surface area contributed by atoms with Crippen LogP contribution in [0.4, 0.5) is 13.2 Å². The fourth-order valence-corrected chi connectivity index (χ4v) is 6.29. The predicted molar refractivity (Wildman–Crippen MR) is 195 cm³/mol. The van der Waals surface area contributed by atoms with E-state index in [1.54, 1.807) is 12.3 Å². The van der Waals surface area contributed by atoms with Crippen molar-refractivity contribution >= 4 is 10.9 Å². The maximum Gasteiger partial charge on any atom is 0.418 e. The summed E-state index contributed by atoms with van der Waals surface area (Å²) >= 11 is 0. The summed E-state index contributed by atoms with van der Waals surface area (Å²) in [7, 11) is 0. The quantitative estimate of drug-likeness (QED) is 0.148. The van der Waals surface area contributed by atoms with Gasteiger partial charge in [-0.2, -0.15) is 13.2 Å². The smallest absolute Gasteiger partial charge is 0.418 e. The Hall–Kier alpha value is -5.92. The van der Waals surface area contributed by atoms with E-state index < -0.39 is 17.8 Å². The zero-order chi connectivity index (χ0) is 35.2. The lowest BCUT2D eigenvalue weighted by molar-refractivity contribution is -0.136. The minimum atomic E-state index is -4.55. The van der Waals surface area contributed by atoms with Crippen LogP contribution in [0.1, 0.15) is 45.0 Å². The fraction of sp³-hybridized carbons (Fsp3) is 0.114. The number of pyridine rings is 1. The van der Waals surface area contributed by atoms with Crippen LogP contribution < -0.4 is 15.2 Å². The predicted octanol–water partition coefficient (Wildman–Crippen LogP) is 10.7. The molecule has 51 heavy (non-hydrogen) atoms. The summed E-state index contributed by atoms with van der Waals surface area (Å²) in [5.41, 5.74) is 13.0. The highest BCUT2D eigenvalue weighted by Crippen LogP contribution is 2.40. The zero-order valence-corrected chi connectivity index (χ0v) is 27.7. The zero-order valence-electron chi connectivity index (χ0n) is 27.7. The van der Waals surface area contributed by atoms with Gasteiger partial charge in [-0.25, -0.2) is 0 Å². The van der Waals surface area contributed by atoms with Gasteiger partial charge in [-0.3, -0.25) is 4.98 Å². The van der Waals surface area contributed by atoms with E-state index in [0.29, 0.717) is 42.1 Å². The van der Waals surface area contributed by atoms with Crippen LogP contribution in [0.5, 0.6) is 11.5 Å². The molecular formula is C44H35F3N2O2. The number of hydrogen-bond donors (Lipinski definition) is 1. The maximum atomic E-state index is 14.1. The number of alkyl halides is 3. The van der Waals surface area contributed by atoms with Crippen molar-refractivity contribution in [1.82, 2.24) is 4.98 Å². The molecular weight excluding hydrogens is 645 g/mol. The number of aromatic nitrogens is 1. The molecule has 1 heterocycles. The normalized spacial score (nSPS) is 12.1. The second-order valence-corrected chi connectivity index (χ2v) is 12.4. The first-order chi connectivity index (χ1) is 24.8. The van der Waals surface area contributed by atoms with Crippen molar-refractivity contribution in [3.63, 3.8) is 0 Å². The molecule has 1 atom stereocenters. The number of rotatable bonds is 11.